The summed E-state index contributed by atoms with van der Waals surface area (Å²) in [4.78, 5) is 12.5. The minimum Gasteiger partial charge on any atom is -0.488 e. The molecule has 0 bridgehead atoms. The highest BCUT2D eigenvalue weighted by molar-refractivity contribution is 6.33. The molecular weight excluding hydrogens is 301 g/mol. The standard InChI is InChI=1S/C18H16BN3O2/c19-14-8-9-16(24-12-13-5-2-1-3-6-13)15(11-14)18(23)21-17-7-4-10-20-22-17/h1-11H,12,19H2,(H,21,22,23). The van der Waals surface area contributed by atoms with Crippen LogP contribution in [0.2, 0.25) is 0 Å². The van der Waals surface area contributed by atoms with Gasteiger partial charge in [0.1, 0.15) is 20.2 Å². The van der Waals surface area contributed by atoms with Crippen LogP contribution in [-0.2, 0) is 6.61 Å². The number of hydrogen-bond donors (Lipinski definition) is 1. The Morgan fingerprint density at radius 1 is 1.08 bits per heavy atom. The topological polar surface area (TPSA) is 64.1 Å². The van der Waals surface area contributed by atoms with Crippen LogP contribution in [0.4, 0.5) is 5.82 Å². The van der Waals surface area contributed by atoms with Crippen LogP contribution < -0.4 is 15.5 Å². The Kier molecular flexibility index (Phi) is 4.86. The Morgan fingerprint density at radius 3 is 2.67 bits per heavy atom. The van der Waals surface area contributed by atoms with E-state index in [1.807, 2.05) is 50.3 Å². The summed E-state index contributed by atoms with van der Waals surface area (Å²) in [6, 6.07) is 18.7. The fourth-order valence-electron chi connectivity index (χ4n) is 2.23. The number of amides is 1. The van der Waals surface area contributed by atoms with Crippen LogP contribution in [0.3, 0.4) is 0 Å². The minimum atomic E-state index is -0.276. The number of carbonyl (C=O) groups is 1. The summed E-state index contributed by atoms with van der Waals surface area (Å²) in [5.41, 5.74) is 2.49. The van der Waals surface area contributed by atoms with E-state index in [2.05, 4.69) is 15.5 Å². The molecule has 2 aromatic carbocycles. The molecule has 3 rings (SSSR count). The molecule has 0 saturated heterocycles. The first-order valence-corrected chi connectivity index (χ1v) is 7.59. The summed E-state index contributed by atoms with van der Waals surface area (Å²) in [6.45, 7) is 0.398. The number of hydrogen-bond acceptors (Lipinski definition) is 4. The van der Waals surface area contributed by atoms with Gasteiger partial charge >= 0.3 is 0 Å². The highest BCUT2D eigenvalue weighted by atomic mass is 16.5. The molecule has 1 aromatic heterocycles. The monoisotopic (exact) mass is 317 g/mol. The molecule has 0 aliphatic rings. The van der Waals surface area contributed by atoms with Gasteiger partial charge < -0.3 is 10.1 Å². The molecule has 0 atom stereocenters. The van der Waals surface area contributed by atoms with Crippen molar-refractivity contribution in [2.45, 2.75) is 6.61 Å². The van der Waals surface area contributed by atoms with Crippen molar-refractivity contribution in [3.05, 3.63) is 78.0 Å². The van der Waals surface area contributed by atoms with E-state index in [1.54, 1.807) is 24.4 Å². The second kappa shape index (κ2) is 7.41. The lowest BCUT2D eigenvalue weighted by Crippen LogP contribution is -2.17. The predicted octanol–water partition coefficient (Wildman–Crippen LogP) is 1.57. The zero-order valence-electron chi connectivity index (χ0n) is 13.3. The van der Waals surface area contributed by atoms with Crippen molar-refractivity contribution in [1.29, 1.82) is 0 Å². The van der Waals surface area contributed by atoms with Gasteiger partial charge in [-0.15, -0.1) is 5.10 Å². The van der Waals surface area contributed by atoms with E-state index < -0.39 is 0 Å². The van der Waals surface area contributed by atoms with Crippen molar-refractivity contribution in [3.63, 3.8) is 0 Å². The first-order chi connectivity index (χ1) is 11.7. The highest BCUT2D eigenvalue weighted by Gasteiger charge is 2.14. The molecular formula is C18H16BN3O2. The largest absolute Gasteiger partial charge is 0.488 e. The van der Waals surface area contributed by atoms with E-state index >= 15 is 0 Å². The molecule has 6 heteroatoms. The van der Waals surface area contributed by atoms with Crippen molar-refractivity contribution in [1.82, 2.24) is 10.2 Å². The fourth-order valence-corrected chi connectivity index (χ4v) is 2.23. The molecule has 0 unspecified atom stereocenters. The second-order valence-electron chi connectivity index (χ2n) is 5.34. The van der Waals surface area contributed by atoms with Gasteiger partial charge in [0.05, 0.1) is 5.56 Å². The van der Waals surface area contributed by atoms with Crippen LogP contribution in [0, 0.1) is 0 Å². The lowest BCUT2D eigenvalue weighted by Gasteiger charge is -2.12. The minimum absolute atomic E-state index is 0.276. The number of nitrogens with one attached hydrogen (secondary N) is 1. The van der Waals surface area contributed by atoms with Crippen LogP contribution in [0.5, 0.6) is 5.75 Å². The molecule has 0 aliphatic heterocycles. The molecule has 0 aliphatic carbocycles. The Balaban J connectivity index is 1.79. The van der Waals surface area contributed by atoms with E-state index in [1.165, 1.54) is 0 Å². The third-order valence-electron chi connectivity index (χ3n) is 3.43. The quantitative estimate of drug-likeness (QED) is 0.726. The van der Waals surface area contributed by atoms with Crippen molar-refractivity contribution < 1.29 is 9.53 Å². The lowest BCUT2D eigenvalue weighted by atomic mass is 9.94. The molecule has 3 aromatic rings. The molecule has 24 heavy (non-hydrogen) atoms. The Hall–Kier alpha value is -3.15. The third kappa shape index (κ3) is 3.98. The van der Waals surface area contributed by atoms with E-state index in [9.17, 15) is 4.79 Å². The smallest absolute Gasteiger partial charge is 0.260 e. The van der Waals surface area contributed by atoms with Gasteiger partial charge in [0.15, 0.2) is 5.82 Å². The maximum atomic E-state index is 12.5. The molecule has 1 amide bonds. The van der Waals surface area contributed by atoms with Gasteiger partial charge in [0.2, 0.25) is 0 Å². The van der Waals surface area contributed by atoms with Gasteiger partial charge in [-0.1, -0.05) is 47.9 Å². The summed E-state index contributed by atoms with van der Waals surface area (Å²) in [7, 11) is 1.93. The second-order valence-corrected chi connectivity index (χ2v) is 5.34. The van der Waals surface area contributed by atoms with E-state index in [-0.39, 0.29) is 5.91 Å². The number of carbonyl (C=O) groups excluding carboxylic acids is 1. The van der Waals surface area contributed by atoms with Gasteiger partial charge in [-0.2, -0.15) is 5.10 Å². The maximum absolute atomic E-state index is 12.5. The number of rotatable bonds is 5. The highest BCUT2D eigenvalue weighted by Crippen LogP contribution is 2.19. The fraction of sp³-hybridized carbons (Fsp3) is 0.0556. The molecule has 0 saturated carbocycles. The van der Waals surface area contributed by atoms with Gasteiger partial charge in [0, 0.05) is 6.20 Å². The van der Waals surface area contributed by atoms with Crippen LogP contribution in [0.1, 0.15) is 15.9 Å². The molecule has 118 valence electrons. The molecule has 1 heterocycles. The van der Waals surface area contributed by atoms with Crippen LogP contribution in [0.15, 0.2) is 66.9 Å². The van der Waals surface area contributed by atoms with Crippen LogP contribution >= 0.6 is 0 Å². The average Bonchev–Trinajstić information content (AvgIpc) is 2.62. The molecule has 0 fully saturated rings. The average molecular weight is 317 g/mol. The predicted molar refractivity (Wildman–Crippen MR) is 95.4 cm³/mol. The molecule has 5 nitrogen and oxygen atoms in total. The zero-order chi connectivity index (χ0) is 16.8. The van der Waals surface area contributed by atoms with Gasteiger partial charge in [0.25, 0.3) is 5.91 Å². The van der Waals surface area contributed by atoms with Gasteiger partial charge in [-0.05, 0) is 23.8 Å². The van der Waals surface area contributed by atoms with Crippen LogP contribution in [-0.4, -0.2) is 24.0 Å². The normalized spacial score (nSPS) is 10.2. The van der Waals surface area contributed by atoms with E-state index in [0.717, 1.165) is 11.0 Å². The number of aromatic nitrogens is 2. The Morgan fingerprint density at radius 2 is 1.92 bits per heavy atom. The summed E-state index contributed by atoms with van der Waals surface area (Å²) in [5.74, 6) is 0.658. The number of benzene rings is 2. The van der Waals surface area contributed by atoms with Crippen LogP contribution in [0.25, 0.3) is 0 Å². The van der Waals surface area contributed by atoms with Gasteiger partial charge in [-0.3, -0.25) is 4.79 Å². The summed E-state index contributed by atoms with van der Waals surface area (Å²) < 4.78 is 5.84. The third-order valence-corrected chi connectivity index (χ3v) is 3.43. The van der Waals surface area contributed by atoms with Crippen molar-refractivity contribution in [3.8, 4) is 5.75 Å². The Bertz CT molecular complexity index is 826. The number of ether oxygens (including phenoxy) is 1. The molecule has 0 spiro atoms. The molecule has 1 N–H and O–H groups in total. The van der Waals surface area contributed by atoms with Crippen molar-refractivity contribution in [2.24, 2.45) is 0 Å². The van der Waals surface area contributed by atoms with Gasteiger partial charge in [-0.25, -0.2) is 0 Å². The SMILES string of the molecule is Bc1ccc(OCc2ccccc2)c(C(=O)Nc2cccnn2)c1. The van der Waals surface area contributed by atoms with E-state index in [0.29, 0.717) is 23.7 Å². The lowest BCUT2D eigenvalue weighted by molar-refractivity contribution is 0.102. The van der Waals surface area contributed by atoms with Crippen molar-refractivity contribution in [2.75, 3.05) is 5.32 Å². The number of nitrogens with zero attached hydrogens (tertiary/aromatic N) is 2. The summed E-state index contributed by atoms with van der Waals surface area (Å²) >= 11 is 0. The summed E-state index contributed by atoms with van der Waals surface area (Å²) in [5, 5.41) is 10.3. The first kappa shape index (κ1) is 15.7. The van der Waals surface area contributed by atoms with Crippen molar-refractivity contribution >= 4 is 25.0 Å². The maximum Gasteiger partial charge on any atom is 0.260 e. The molecule has 0 radical (unpaired) electrons. The summed E-state index contributed by atoms with van der Waals surface area (Å²) in [6.07, 6.45) is 1.55. The number of anilines is 1. The zero-order valence-corrected chi connectivity index (χ0v) is 13.3. The Labute approximate surface area is 141 Å². The first-order valence-electron chi connectivity index (χ1n) is 7.59. The van der Waals surface area contributed by atoms with E-state index in [4.69, 9.17) is 4.74 Å².